The summed E-state index contributed by atoms with van der Waals surface area (Å²) >= 11 is 0. The topological polar surface area (TPSA) is 49.3 Å². The van der Waals surface area contributed by atoms with Gasteiger partial charge < -0.3 is 5.11 Å². The van der Waals surface area contributed by atoms with E-state index in [4.69, 9.17) is 10.8 Å². The van der Waals surface area contributed by atoms with Gasteiger partial charge >= 0.3 is 0 Å². The molecule has 1 saturated heterocycles. The largest absolute Gasteiger partial charge is 0.365 e. The summed E-state index contributed by atoms with van der Waals surface area (Å²) in [6.45, 7) is 1.91. The van der Waals surface area contributed by atoms with Crippen molar-refractivity contribution in [3.63, 3.8) is 0 Å². The zero-order valence-corrected chi connectivity index (χ0v) is 3.46. The third-order valence-corrected chi connectivity index (χ3v) is 0.856. The van der Waals surface area contributed by atoms with Crippen LogP contribution < -0.4 is 5.73 Å². The predicted molar refractivity (Wildman–Crippen MR) is 21.8 cm³/mol. The summed E-state index contributed by atoms with van der Waals surface area (Å²) < 4.78 is 0. The van der Waals surface area contributed by atoms with Gasteiger partial charge in [0.15, 0.2) is 6.35 Å². The molecule has 3 heteroatoms. The quantitative estimate of drug-likeness (QED) is 0.304. The van der Waals surface area contributed by atoms with Gasteiger partial charge in [-0.15, -0.1) is 0 Å². The summed E-state index contributed by atoms with van der Waals surface area (Å²) in [6.07, 6.45) is -0.704. The monoisotopic (exact) mass is 88.1 g/mol. The van der Waals surface area contributed by atoms with Crippen LogP contribution in [-0.2, 0) is 0 Å². The lowest BCUT2D eigenvalue weighted by Crippen LogP contribution is -2.27. The highest BCUT2D eigenvalue weighted by atomic mass is 16.3. The van der Waals surface area contributed by atoms with E-state index in [-0.39, 0.29) is 0 Å². The first-order valence-corrected chi connectivity index (χ1v) is 1.98. The number of rotatable bonds is 1. The maximum atomic E-state index is 8.40. The molecule has 1 fully saturated rings. The molecule has 0 amide bonds. The molecular formula is C3H8N2O. The van der Waals surface area contributed by atoms with Crippen LogP contribution in [0.5, 0.6) is 0 Å². The Labute approximate surface area is 36.4 Å². The lowest BCUT2D eigenvalue weighted by Gasteiger charge is -1.99. The highest BCUT2D eigenvalue weighted by molar-refractivity contribution is 4.71. The first-order valence-electron chi connectivity index (χ1n) is 1.98. The first-order chi connectivity index (χ1) is 2.80. The Morgan fingerprint density at radius 2 is 2.17 bits per heavy atom. The molecule has 3 N–H and O–H groups in total. The standard InChI is InChI=1S/C3H8N2O/c4-3(6)5-1-2-5/h3,6H,1-2,4H2. The number of aliphatic hydroxyl groups is 1. The van der Waals surface area contributed by atoms with Crippen LogP contribution in [0.3, 0.4) is 0 Å². The Kier molecular flexibility index (Phi) is 0.799. The zero-order valence-electron chi connectivity index (χ0n) is 3.46. The fourth-order valence-electron chi connectivity index (χ4n) is 0.322. The minimum Gasteiger partial charge on any atom is -0.365 e. The van der Waals surface area contributed by atoms with Gasteiger partial charge in [-0.2, -0.15) is 0 Å². The van der Waals surface area contributed by atoms with Crippen molar-refractivity contribution in [3.8, 4) is 0 Å². The average molecular weight is 88.1 g/mol. The first kappa shape index (κ1) is 4.05. The maximum Gasteiger partial charge on any atom is 0.160 e. The van der Waals surface area contributed by atoms with E-state index in [0.717, 1.165) is 13.1 Å². The van der Waals surface area contributed by atoms with E-state index < -0.39 is 6.35 Å². The number of nitrogens with zero attached hydrogens (tertiary/aromatic N) is 1. The van der Waals surface area contributed by atoms with E-state index >= 15 is 0 Å². The highest BCUT2D eigenvalue weighted by Gasteiger charge is 2.21. The van der Waals surface area contributed by atoms with Crippen molar-refractivity contribution in [2.75, 3.05) is 13.1 Å². The summed E-state index contributed by atoms with van der Waals surface area (Å²) in [5.41, 5.74) is 4.98. The molecule has 1 aliphatic heterocycles. The van der Waals surface area contributed by atoms with Crippen molar-refractivity contribution < 1.29 is 5.11 Å². The number of nitrogens with two attached hydrogens (primary N) is 1. The molecule has 6 heavy (non-hydrogen) atoms. The minimum atomic E-state index is -0.704. The van der Waals surface area contributed by atoms with Crippen LogP contribution in [0, 0.1) is 0 Å². The van der Waals surface area contributed by atoms with Gasteiger partial charge in [0.25, 0.3) is 0 Å². The van der Waals surface area contributed by atoms with Crippen molar-refractivity contribution in [2.45, 2.75) is 6.35 Å². The number of hydrogen-bond acceptors (Lipinski definition) is 3. The lowest BCUT2D eigenvalue weighted by molar-refractivity contribution is 0.0874. The van der Waals surface area contributed by atoms with E-state index in [1.165, 1.54) is 0 Å². The van der Waals surface area contributed by atoms with Gasteiger partial charge in [0, 0.05) is 13.1 Å². The molecule has 0 aromatic carbocycles. The van der Waals surface area contributed by atoms with Gasteiger partial charge in [0.05, 0.1) is 0 Å². The fourth-order valence-corrected chi connectivity index (χ4v) is 0.322. The molecule has 1 aliphatic rings. The van der Waals surface area contributed by atoms with Gasteiger partial charge in [-0.25, -0.2) is 0 Å². The third kappa shape index (κ3) is 0.680. The van der Waals surface area contributed by atoms with Crippen molar-refractivity contribution in [2.24, 2.45) is 5.73 Å². The van der Waals surface area contributed by atoms with E-state index in [9.17, 15) is 0 Å². The molecule has 1 rings (SSSR count). The molecule has 0 spiro atoms. The molecule has 0 aliphatic carbocycles. The Hall–Kier alpha value is -0.120. The molecule has 0 aromatic rings. The SMILES string of the molecule is NC(O)N1CC1. The van der Waals surface area contributed by atoms with E-state index in [0.29, 0.717) is 0 Å². The summed E-state index contributed by atoms with van der Waals surface area (Å²) in [4.78, 5) is 1.75. The molecule has 1 heterocycles. The summed E-state index contributed by atoms with van der Waals surface area (Å²) in [5, 5.41) is 8.40. The Bertz CT molecular complexity index is 50.8. The second kappa shape index (κ2) is 1.18. The summed E-state index contributed by atoms with van der Waals surface area (Å²) in [7, 11) is 0. The molecule has 36 valence electrons. The fraction of sp³-hybridized carbons (Fsp3) is 1.00. The smallest absolute Gasteiger partial charge is 0.160 e. The van der Waals surface area contributed by atoms with Crippen LogP contribution in [0.25, 0.3) is 0 Å². The minimum absolute atomic E-state index is 0.704. The Balaban J connectivity index is 2.13. The molecule has 1 atom stereocenters. The molecule has 0 radical (unpaired) electrons. The zero-order chi connectivity index (χ0) is 4.57. The van der Waals surface area contributed by atoms with E-state index in [2.05, 4.69) is 0 Å². The van der Waals surface area contributed by atoms with Crippen LogP contribution in [0.1, 0.15) is 0 Å². The molecule has 0 saturated carbocycles. The molecule has 3 nitrogen and oxygen atoms in total. The van der Waals surface area contributed by atoms with Gasteiger partial charge in [-0.05, 0) is 0 Å². The average Bonchev–Trinajstić information content (AvgIpc) is 2.06. The van der Waals surface area contributed by atoms with Crippen LogP contribution in [0.15, 0.2) is 0 Å². The van der Waals surface area contributed by atoms with Gasteiger partial charge in [-0.1, -0.05) is 0 Å². The maximum absolute atomic E-state index is 8.40. The van der Waals surface area contributed by atoms with Crippen molar-refractivity contribution in [1.82, 2.24) is 4.90 Å². The van der Waals surface area contributed by atoms with Crippen molar-refractivity contribution in [1.29, 1.82) is 0 Å². The van der Waals surface area contributed by atoms with Crippen LogP contribution in [0.4, 0.5) is 0 Å². The van der Waals surface area contributed by atoms with Crippen LogP contribution in [-0.4, -0.2) is 29.4 Å². The lowest BCUT2D eigenvalue weighted by atomic mass is 11.0. The van der Waals surface area contributed by atoms with Crippen molar-refractivity contribution >= 4 is 0 Å². The molecule has 0 aromatic heterocycles. The number of aliphatic hydroxyl groups excluding tert-OH is 1. The highest BCUT2D eigenvalue weighted by Crippen LogP contribution is 2.01. The molecular weight excluding hydrogens is 80.0 g/mol. The molecule has 0 bridgehead atoms. The second-order valence-electron chi connectivity index (χ2n) is 1.45. The summed E-state index contributed by atoms with van der Waals surface area (Å²) in [5.74, 6) is 0. The Morgan fingerprint density at radius 3 is 2.17 bits per heavy atom. The Morgan fingerprint density at radius 1 is 1.67 bits per heavy atom. The predicted octanol–water partition coefficient (Wildman–Crippen LogP) is -1.46. The number of hydrogen-bond donors (Lipinski definition) is 2. The van der Waals surface area contributed by atoms with Gasteiger partial charge in [-0.3, -0.25) is 10.6 Å². The summed E-state index contributed by atoms with van der Waals surface area (Å²) in [6, 6.07) is 0. The van der Waals surface area contributed by atoms with Gasteiger partial charge in [0.1, 0.15) is 0 Å². The molecule has 1 unspecified atom stereocenters. The van der Waals surface area contributed by atoms with E-state index in [1.807, 2.05) is 0 Å². The van der Waals surface area contributed by atoms with E-state index in [1.54, 1.807) is 4.90 Å². The van der Waals surface area contributed by atoms with Gasteiger partial charge in [0.2, 0.25) is 0 Å². The van der Waals surface area contributed by atoms with Crippen LogP contribution in [0.2, 0.25) is 0 Å². The third-order valence-electron chi connectivity index (χ3n) is 0.856. The van der Waals surface area contributed by atoms with Crippen molar-refractivity contribution in [3.05, 3.63) is 0 Å². The van der Waals surface area contributed by atoms with Crippen LogP contribution >= 0.6 is 0 Å². The second-order valence-corrected chi connectivity index (χ2v) is 1.45. The normalized spacial score (nSPS) is 27.0.